The standard InChI is InChI=1S/C22H34N2O8S/c1-17(25)20(24-22(27)18-6-8-19(9-7-18)33(28)29)5-3-4-11-23-21(26)10-12-31-15-16-32-14-13-30-2/h6-9,20H,3-5,10-16H2,1-2H3,(H,23,26)(H,24,27)(H,28,29). The maximum Gasteiger partial charge on any atom is 0.251 e. The topological polar surface area (TPSA) is 140 Å². The van der Waals surface area contributed by atoms with Crippen LogP contribution in [0.2, 0.25) is 0 Å². The van der Waals surface area contributed by atoms with Gasteiger partial charge in [0.25, 0.3) is 5.91 Å². The van der Waals surface area contributed by atoms with Gasteiger partial charge >= 0.3 is 0 Å². The van der Waals surface area contributed by atoms with E-state index in [1.807, 2.05) is 0 Å². The molecule has 0 fully saturated rings. The minimum Gasteiger partial charge on any atom is -0.382 e. The molecule has 2 atom stereocenters. The van der Waals surface area contributed by atoms with Gasteiger partial charge in [-0.1, -0.05) is 0 Å². The summed E-state index contributed by atoms with van der Waals surface area (Å²) in [7, 11) is 1.60. The molecule has 3 N–H and O–H groups in total. The van der Waals surface area contributed by atoms with Gasteiger partial charge in [-0.2, -0.15) is 0 Å². The second-order valence-electron chi connectivity index (χ2n) is 7.22. The zero-order valence-corrected chi connectivity index (χ0v) is 20.0. The second-order valence-corrected chi connectivity index (χ2v) is 8.19. The van der Waals surface area contributed by atoms with Crippen molar-refractivity contribution in [1.29, 1.82) is 0 Å². The zero-order chi connectivity index (χ0) is 24.5. The predicted octanol–water partition coefficient (Wildman–Crippen LogP) is 1.31. The molecule has 2 amide bonds. The molecule has 0 bridgehead atoms. The highest BCUT2D eigenvalue weighted by Gasteiger charge is 2.18. The van der Waals surface area contributed by atoms with Gasteiger partial charge in [-0.05, 0) is 50.5 Å². The first-order valence-electron chi connectivity index (χ1n) is 10.8. The third-order valence-electron chi connectivity index (χ3n) is 4.63. The number of nitrogens with one attached hydrogen (secondary N) is 2. The molecule has 10 nitrogen and oxygen atoms in total. The van der Waals surface area contributed by atoms with Crippen LogP contribution in [0.3, 0.4) is 0 Å². The molecule has 2 unspecified atom stereocenters. The second kappa shape index (κ2) is 17.3. The molecule has 0 saturated carbocycles. The summed E-state index contributed by atoms with van der Waals surface area (Å²) in [6.07, 6.45) is 2.01. The van der Waals surface area contributed by atoms with E-state index in [-0.39, 0.29) is 23.0 Å². The molecule has 0 aromatic heterocycles. The normalized spacial score (nSPS) is 12.7. The Balaban J connectivity index is 2.20. The number of Topliss-reactive ketones (excluding diaryl/α,β-unsaturated/α-hetero) is 1. The Morgan fingerprint density at radius 3 is 2.24 bits per heavy atom. The van der Waals surface area contributed by atoms with E-state index >= 15 is 0 Å². The van der Waals surface area contributed by atoms with Crippen molar-refractivity contribution in [3.63, 3.8) is 0 Å². The first-order valence-corrected chi connectivity index (χ1v) is 11.9. The van der Waals surface area contributed by atoms with Crippen LogP contribution in [0.25, 0.3) is 0 Å². The van der Waals surface area contributed by atoms with Crippen LogP contribution in [-0.4, -0.2) is 79.1 Å². The Morgan fingerprint density at radius 1 is 1.00 bits per heavy atom. The number of methoxy groups -OCH3 is 1. The maximum atomic E-state index is 12.3. The smallest absolute Gasteiger partial charge is 0.251 e. The lowest BCUT2D eigenvalue weighted by Gasteiger charge is -2.16. The van der Waals surface area contributed by atoms with E-state index in [1.54, 1.807) is 7.11 Å². The highest BCUT2D eigenvalue weighted by Crippen LogP contribution is 2.09. The van der Waals surface area contributed by atoms with E-state index in [2.05, 4.69) is 10.6 Å². The van der Waals surface area contributed by atoms with Crippen molar-refractivity contribution < 1.29 is 37.4 Å². The number of carbonyl (C=O) groups excluding carboxylic acids is 3. The molecule has 0 spiro atoms. The van der Waals surface area contributed by atoms with E-state index in [1.165, 1.54) is 31.2 Å². The summed E-state index contributed by atoms with van der Waals surface area (Å²) in [5.41, 5.74) is 0.298. The minimum absolute atomic E-state index is 0.112. The summed E-state index contributed by atoms with van der Waals surface area (Å²) in [5.74, 6) is -0.703. The molecule has 0 aliphatic carbocycles. The van der Waals surface area contributed by atoms with Crippen molar-refractivity contribution in [2.24, 2.45) is 0 Å². The van der Waals surface area contributed by atoms with Crippen LogP contribution >= 0.6 is 0 Å². The third kappa shape index (κ3) is 13.2. The number of hydrogen-bond donors (Lipinski definition) is 3. The lowest BCUT2D eigenvalue weighted by atomic mass is 10.1. The summed E-state index contributed by atoms with van der Waals surface area (Å²) >= 11 is -2.12. The van der Waals surface area contributed by atoms with Gasteiger partial charge in [-0.15, -0.1) is 0 Å². The van der Waals surface area contributed by atoms with Crippen LogP contribution in [-0.2, 0) is 34.9 Å². The summed E-state index contributed by atoms with van der Waals surface area (Å²) in [5, 5.41) is 5.49. The van der Waals surface area contributed by atoms with Gasteiger partial charge in [0.2, 0.25) is 5.91 Å². The maximum absolute atomic E-state index is 12.3. The van der Waals surface area contributed by atoms with E-state index < -0.39 is 23.0 Å². The number of rotatable bonds is 18. The molecule has 0 aliphatic rings. The Labute approximate surface area is 197 Å². The van der Waals surface area contributed by atoms with Gasteiger partial charge in [-0.25, -0.2) is 4.21 Å². The van der Waals surface area contributed by atoms with Gasteiger partial charge < -0.3 is 29.4 Å². The monoisotopic (exact) mass is 486 g/mol. The molecule has 1 rings (SSSR count). The molecule has 186 valence electrons. The average Bonchev–Trinajstić information content (AvgIpc) is 2.79. The molecular formula is C22H34N2O8S. The molecule has 0 saturated heterocycles. The largest absolute Gasteiger partial charge is 0.382 e. The summed E-state index contributed by atoms with van der Waals surface area (Å²) in [4.78, 5) is 36.2. The molecule has 1 aromatic rings. The summed E-state index contributed by atoms with van der Waals surface area (Å²) in [6.45, 7) is 4.10. The van der Waals surface area contributed by atoms with Crippen LogP contribution < -0.4 is 10.6 Å². The zero-order valence-electron chi connectivity index (χ0n) is 19.2. The first-order chi connectivity index (χ1) is 15.8. The van der Waals surface area contributed by atoms with Gasteiger partial charge in [0.15, 0.2) is 16.9 Å². The van der Waals surface area contributed by atoms with Crippen molar-refractivity contribution >= 4 is 28.7 Å². The molecular weight excluding hydrogens is 452 g/mol. The number of amides is 2. The Bertz CT molecular complexity index is 757. The fourth-order valence-corrected chi connectivity index (χ4v) is 3.13. The lowest BCUT2D eigenvalue weighted by molar-refractivity contribution is -0.122. The van der Waals surface area contributed by atoms with Crippen LogP contribution in [0, 0.1) is 0 Å². The number of ether oxygens (including phenoxy) is 3. The van der Waals surface area contributed by atoms with E-state index in [9.17, 15) is 18.6 Å². The van der Waals surface area contributed by atoms with Crippen molar-refractivity contribution in [2.45, 2.75) is 43.5 Å². The van der Waals surface area contributed by atoms with Crippen molar-refractivity contribution in [1.82, 2.24) is 10.6 Å². The predicted molar refractivity (Wildman–Crippen MR) is 122 cm³/mol. The number of carbonyl (C=O) groups is 3. The molecule has 11 heteroatoms. The van der Waals surface area contributed by atoms with Crippen LogP contribution in [0.4, 0.5) is 0 Å². The number of ketones is 1. The number of benzene rings is 1. The van der Waals surface area contributed by atoms with Gasteiger partial charge in [0.1, 0.15) is 0 Å². The number of hydrogen-bond acceptors (Lipinski definition) is 7. The molecule has 0 heterocycles. The van der Waals surface area contributed by atoms with Gasteiger partial charge in [0, 0.05) is 25.6 Å². The first kappa shape index (κ1) is 28.9. The fourth-order valence-electron chi connectivity index (χ4n) is 2.76. The Kier molecular flexibility index (Phi) is 15.1. The summed E-state index contributed by atoms with van der Waals surface area (Å²) in [6, 6.07) is 5.00. The Morgan fingerprint density at radius 2 is 1.64 bits per heavy atom. The van der Waals surface area contributed by atoms with E-state index in [0.29, 0.717) is 64.4 Å². The van der Waals surface area contributed by atoms with Gasteiger partial charge in [-0.3, -0.25) is 14.4 Å². The van der Waals surface area contributed by atoms with E-state index in [0.717, 1.165) is 0 Å². The molecule has 33 heavy (non-hydrogen) atoms. The van der Waals surface area contributed by atoms with Gasteiger partial charge in [0.05, 0.1) is 44.0 Å². The lowest BCUT2D eigenvalue weighted by Crippen LogP contribution is -2.39. The molecule has 0 aliphatic heterocycles. The number of unbranched alkanes of at least 4 members (excludes halogenated alkanes) is 1. The van der Waals surface area contributed by atoms with Crippen LogP contribution in [0.5, 0.6) is 0 Å². The fraction of sp³-hybridized carbons (Fsp3) is 0.591. The third-order valence-corrected chi connectivity index (χ3v) is 5.31. The van der Waals surface area contributed by atoms with Crippen LogP contribution in [0.1, 0.15) is 43.0 Å². The SMILES string of the molecule is COCCOCCOCCC(=O)NCCCCC(NC(=O)c1ccc(S(=O)O)cc1)C(C)=O. The molecule has 0 radical (unpaired) electrons. The minimum atomic E-state index is -2.12. The van der Waals surface area contributed by atoms with Crippen molar-refractivity contribution in [3.05, 3.63) is 29.8 Å². The summed E-state index contributed by atoms with van der Waals surface area (Å²) < 4.78 is 35.5. The highest BCUT2D eigenvalue weighted by molar-refractivity contribution is 7.79. The molecule has 1 aromatic carbocycles. The van der Waals surface area contributed by atoms with E-state index in [4.69, 9.17) is 18.8 Å². The quantitative estimate of drug-likeness (QED) is 0.208. The van der Waals surface area contributed by atoms with Crippen molar-refractivity contribution in [3.8, 4) is 0 Å². The highest BCUT2D eigenvalue weighted by atomic mass is 32.2. The average molecular weight is 487 g/mol. The Hall–Kier alpha value is -2.18. The van der Waals surface area contributed by atoms with Crippen molar-refractivity contribution in [2.75, 3.05) is 46.7 Å². The van der Waals surface area contributed by atoms with Crippen LogP contribution in [0.15, 0.2) is 29.2 Å².